The number of piperidine rings is 1. The first-order valence-corrected chi connectivity index (χ1v) is 7.46. The van der Waals surface area contributed by atoms with Gasteiger partial charge in [0.1, 0.15) is 5.75 Å². The molecule has 1 heterocycles. The Morgan fingerprint density at radius 2 is 2.38 bits per heavy atom. The van der Waals surface area contributed by atoms with Crippen molar-refractivity contribution in [2.24, 2.45) is 0 Å². The molecule has 0 radical (unpaired) electrons. The summed E-state index contributed by atoms with van der Waals surface area (Å²) in [6, 6.07) is 5.32. The largest absolute Gasteiger partial charge is 0.496 e. The minimum Gasteiger partial charge on any atom is -0.496 e. The SMILES string of the molecule is COc1ccc(Cl)cc1CNC(=O)CN1CCCC(O)C1. The molecule has 2 rings (SSSR count). The lowest BCUT2D eigenvalue weighted by Gasteiger charge is -2.29. The lowest BCUT2D eigenvalue weighted by molar-refractivity contribution is -0.123. The van der Waals surface area contributed by atoms with Gasteiger partial charge in [-0.25, -0.2) is 0 Å². The molecule has 0 aliphatic carbocycles. The van der Waals surface area contributed by atoms with Gasteiger partial charge in [0.2, 0.25) is 5.91 Å². The lowest BCUT2D eigenvalue weighted by atomic mass is 10.1. The van der Waals surface area contributed by atoms with Gasteiger partial charge in [-0.15, -0.1) is 0 Å². The first-order chi connectivity index (χ1) is 10.1. The van der Waals surface area contributed by atoms with Crippen LogP contribution in [0.3, 0.4) is 0 Å². The van der Waals surface area contributed by atoms with Gasteiger partial charge in [0.15, 0.2) is 0 Å². The highest BCUT2D eigenvalue weighted by Gasteiger charge is 2.19. The van der Waals surface area contributed by atoms with Gasteiger partial charge < -0.3 is 15.2 Å². The Bertz CT molecular complexity index is 496. The maximum Gasteiger partial charge on any atom is 0.234 e. The third kappa shape index (κ3) is 4.88. The monoisotopic (exact) mass is 312 g/mol. The van der Waals surface area contributed by atoms with Crippen LogP contribution in [0.4, 0.5) is 0 Å². The fourth-order valence-electron chi connectivity index (χ4n) is 2.51. The van der Waals surface area contributed by atoms with Crippen molar-refractivity contribution >= 4 is 17.5 Å². The number of aliphatic hydroxyl groups is 1. The van der Waals surface area contributed by atoms with Gasteiger partial charge in [0.25, 0.3) is 0 Å². The zero-order valence-electron chi connectivity index (χ0n) is 12.1. The molecule has 1 fully saturated rings. The van der Waals surface area contributed by atoms with Crippen molar-refractivity contribution in [3.8, 4) is 5.75 Å². The van der Waals surface area contributed by atoms with E-state index in [9.17, 15) is 9.90 Å². The number of carbonyl (C=O) groups excluding carboxylic acids is 1. The molecular formula is C15H21ClN2O3. The Morgan fingerprint density at radius 3 is 3.10 bits per heavy atom. The molecule has 1 saturated heterocycles. The Labute approximate surface area is 129 Å². The highest BCUT2D eigenvalue weighted by atomic mass is 35.5. The van der Waals surface area contributed by atoms with E-state index < -0.39 is 0 Å². The zero-order chi connectivity index (χ0) is 15.2. The number of likely N-dealkylation sites (tertiary alicyclic amines) is 1. The molecule has 0 bridgehead atoms. The summed E-state index contributed by atoms with van der Waals surface area (Å²) < 4.78 is 5.24. The van der Waals surface area contributed by atoms with Crippen LogP contribution in [-0.2, 0) is 11.3 Å². The van der Waals surface area contributed by atoms with E-state index >= 15 is 0 Å². The lowest BCUT2D eigenvalue weighted by Crippen LogP contribution is -2.44. The molecule has 116 valence electrons. The van der Waals surface area contributed by atoms with Crippen LogP contribution in [0, 0.1) is 0 Å². The first-order valence-electron chi connectivity index (χ1n) is 7.08. The predicted molar refractivity (Wildman–Crippen MR) is 81.5 cm³/mol. The van der Waals surface area contributed by atoms with Crippen molar-refractivity contribution in [1.29, 1.82) is 0 Å². The van der Waals surface area contributed by atoms with Crippen LogP contribution in [0.5, 0.6) is 5.75 Å². The summed E-state index contributed by atoms with van der Waals surface area (Å²) in [5, 5.41) is 13.1. The molecule has 1 aliphatic rings. The number of nitrogens with zero attached hydrogens (tertiary/aromatic N) is 1. The van der Waals surface area contributed by atoms with Gasteiger partial charge >= 0.3 is 0 Å². The Kier molecular flexibility index (Phi) is 5.85. The first kappa shape index (κ1) is 16.1. The zero-order valence-corrected chi connectivity index (χ0v) is 12.9. The van der Waals surface area contributed by atoms with Crippen molar-refractivity contribution in [2.75, 3.05) is 26.7 Å². The van der Waals surface area contributed by atoms with Gasteiger partial charge in [-0.1, -0.05) is 11.6 Å². The summed E-state index contributed by atoms with van der Waals surface area (Å²) in [4.78, 5) is 13.9. The van der Waals surface area contributed by atoms with E-state index in [1.54, 1.807) is 25.3 Å². The predicted octanol–water partition coefficient (Wildman–Crippen LogP) is 1.42. The number of rotatable bonds is 5. The van der Waals surface area contributed by atoms with Gasteiger partial charge in [-0.3, -0.25) is 9.69 Å². The molecule has 1 aromatic rings. The topological polar surface area (TPSA) is 61.8 Å². The third-order valence-electron chi connectivity index (χ3n) is 3.57. The Morgan fingerprint density at radius 1 is 1.57 bits per heavy atom. The van der Waals surface area contributed by atoms with Crippen LogP contribution in [0.25, 0.3) is 0 Å². The van der Waals surface area contributed by atoms with Crippen molar-refractivity contribution < 1.29 is 14.6 Å². The van der Waals surface area contributed by atoms with Crippen molar-refractivity contribution in [1.82, 2.24) is 10.2 Å². The maximum absolute atomic E-state index is 12.0. The molecule has 2 N–H and O–H groups in total. The molecule has 1 aromatic carbocycles. The Balaban J connectivity index is 1.85. The number of nitrogens with one attached hydrogen (secondary N) is 1. The quantitative estimate of drug-likeness (QED) is 0.863. The van der Waals surface area contributed by atoms with Crippen molar-refractivity contribution in [3.05, 3.63) is 28.8 Å². The number of hydrogen-bond donors (Lipinski definition) is 2. The maximum atomic E-state index is 12.0. The molecule has 1 amide bonds. The van der Waals surface area contributed by atoms with Crippen molar-refractivity contribution in [3.63, 3.8) is 0 Å². The molecule has 0 saturated carbocycles. The minimum absolute atomic E-state index is 0.0638. The molecular weight excluding hydrogens is 292 g/mol. The van der Waals surface area contributed by atoms with Crippen LogP contribution in [0.15, 0.2) is 18.2 Å². The van der Waals surface area contributed by atoms with E-state index in [0.29, 0.717) is 30.4 Å². The molecule has 5 nitrogen and oxygen atoms in total. The third-order valence-corrected chi connectivity index (χ3v) is 3.80. The summed E-state index contributed by atoms with van der Waals surface area (Å²) >= 11 is 5.96. The van der Waals surface area contributed by atoms with Crippen LogP contribution in [-0.4, -0.2) is 48.8 Å². The average Bonchev–Trinajstić information content (AvgIpc) is 2.45. The second-order valence-electron chi connectivity index (χ2n) is 5.26. The van der Waals surface area contributed by atoms with Crippen LogP contribution < -0.4 is 10.1 Å². The minimum atomic E-state index is -0.320. The van der Waals surface area contributed by atoms with E-state index in [1.807, 2.05) is 4.90 Å². The number of benzene rings is 1. The number of β-amino-alcohol motifs (C(OH)–C–C–N with tert-alkyl or cyclic N) is 1. The van der Waals surface area contributed by atoms with Crippen LogP contribution in [0.1, 0.15) is 18.4 Å². The number of amides is 1. The number of carbonyl (C=O) groups is 1. The number of aliphatic hydroxyl groups excluding tert-OH is 1. The average molecular weight is 313 g/mol. The number of ether oxygens (including phenoxy) is 1. The molecule has 1 aliphatic heterocycles. The van der Waals surface area contributed by atoms with Crippen LogP contribution in [0.2, 0.25) is 5.02 Å². The summed E-state index contributed by atoms with van der Waals surface area (Å²) in [7, 11) is 1.59. The summed E-state index contributed by atoms with van der Waals surface area (Å²) in [6.45, 7) is 2.10. The van der Waals surface area contributed by atoms with Crippen LogP contribution >= 0.6 is 11.6 Å². The molecule has 0 spiro atoms. The molecule has 1 unspecified atom stereocenters. The second kappa shape index (κ2) is 7.64. The van der Waals surface area contributed by atoms with Crippen molar-refractivity contribution in [2.45, 2.75) is 25.5 Å². The van der Waals surface area contributed by atoms with E-state index in [4.69, 9.17) is 16.3 Å². The Hall–Kier alpha value is -1.30. The van der Waals surface area contributed by atoms with Gasteiger partial charge in [0.05, 0.1) is 19.8 Å². The van der Waals surface area contributed by atoms with E-state index in [0.717, 1.165) is 24.9 Å². The summed E-state index contributed by atoms with van der Waals surface area (Å²) in [5.74, 6) is 0.638. The van der Waals surface area contributed by atoms with Gasteiger partial charge in [-0.05, 0) is 37.6 Å². The van der Waals surface area contributed by atoms with Gasteiger partial charge in [0, 0.05) is 23.7 Å². The standard InChI is InChI=1S/C15H21ClN2O3/c1-21-14-5-4-12(16)7-11(14)8-17-15(20)10-18-6-2-3-13(19)9-18/h4-5,7,13,19H,2-3,6,8-10H2,1H3,(H,17,20). The number of halogens is 1. The highest BCUT2D eigenvalue weighted by Crippen LogP contribution is 2.22. The molecule has 0 aromatic heterocycles. The fourth-order valence-corrected chi connectivity index (χ4v) is 2.71. The summed E-state index contributed by atoms with van der Waals surface area (Å²) in [6.07, 6.45) is 1.42. The summed E-state index contributed by atoms with van der Waals surface area (Å²) in [5.41, 5.74) is 0.844. The van der Waals surface area contributed by atoms with E-state index in [2.05, 4.69) is 5.32 Å². The molecule has 1 atom stereocenters. The highest BCUT2D eigenvalue weighted by molar-refractivity contribution is 6.30. The molecule has 6 heteroatoms. The number of hydrogen-bond acceptors (Lipinski definition) is 4. The normalized spacial score (nSPS) is 19.3. The smallest absolute Gasteiger partial charge is 0.234 e. The number of methoxy groups -OCH3 is 1. The van der Waals surface area contributed by atoms with E-state index in [1.165, 1.54) is 0 Å². The van der Waals surface area contributed by atoms with Gasteiger partial charge in [-0.2, -0.15) is 0 Å². The second-order valence-corrected chi connectivity index (χ2v) is 5.70. The fraction of sp³-hybridized carbons (Fsp3) is 0.533. The molecule has 21 heavy (non-hydrogen) atoms. The van der Waals surface area contributed by atoms with E-state index in [-0.39, 0.29) is 12.0 Å².